The van der Waals surface area contributed by atoms with Gasteiger partial charge < -0.3 is 53.5 Å². The SMILES string of the molecule is COCCOc1c(-c2ccc(-c3cnc(C4CCCN4C(=O)C(NC(=O)OC)C(C)C)[nH]3)cc2)ccc(-c2cnc(C3CCCN3C(=O)COc3ccccc3)[nH]2)c1OCCOC. The Morgan fingerprint density at radius 3 is 1.90 bits per heavy atom. The van der Waals surface area contributed by atoms with Crippen LogP contribution in [0.5, 0.6) is 17.2 Å². The van der Waals surface area contributed by atoms with Gasteiger partial charge in [-0.2, -0.15) is 0 Å². The van der Waals surface area contributed by atoms with Crippen molar-refractivity contribution in [1.82, 2.24) is 35.1 Å². The van der Waals surface area contributed by atoms with Crippen LogP contribution in [-0.4, -0.2) is 121 Å². The Kier molecular flexibility index (Phi) is 15.0. The lowest BCUT2D eigenvalue weighted by molar-refractivity contribution is -0.135. The Balaban J connectivity index is 1.13. The minimum atomic E-state index is -0.716. The standard InChI is InChI=1S/C47H57N7O9/c1-30(2)41(52-47(57)60-5)46(56)54-22-10-14-39(54)45-48-27-36(50-45)32-17-15-31(16-18-32)34-19-20-35(43(62-26-24-59-4)42(34)61-25-23-58-3)37-28-49-44(51-37)38-13-9-21-53(38)40(55)29-63-33-11-7-6-8-12-33/h6-8,11-12,15-20,27-28,30,38-39,41H,9-10,13-14,21-26,29H2,1-5H3,(H,48,50)(H,49,51)(H,52,57). The van der Waals surface area contributed by atoms with Gasteiger partial charge in [-0.05, 0) is 67.0 Å². The molecule has 2 saturated heterocycles. The molecular formula is C47H57N7O9. The topological polar surface area (TPSA) is 182 Å². The Morgan fingerprint density at radius 2 is 1.27 bits per heavy atom. The smallest absolute Gasteiger partial charge is 0.407 e. The number of benzene rings is 3. The van der Waals surface area contributed by atoms with Crippen molar-refractivity contribution in [3.8, 4) is 50.9 Å². The molecule has 3 N–H and O–H groups in total. The highest BCUT2D eigenvalue weighted by Gasteiger charge is 2.38. The maximum Gasteiger partial charge on any atom is 0.407 e. The summed E-state index contributed by atoms with van der Waals surface area (Å²) in [6, 6.07) is 20.2. The van der Waals surface area contributed by atoms with Gasteiger partial charge in [-0.25, -0.2) is 14.8 Å². The van der Waals surface area contributed by atoms with Gasteiger partial charge in [0.15, 0.2) is 18.1 Å². The third-order valence-electron chi connectivity index (χ3n) is 11.4. The second kappa shape index (κ2) is 21.1. The van der Waals surface area contributed by atoms with Crippen LogP contribution in [0, 0.1) is 5.92 Å². The van der Waals surface area contributed by atoms with E-state index in [1.165, 1.54) is 7.11 Å². The first-order valence-corrected chi connectivity index (χ1v) is 21.4. The Hall–Kier alpha value is -6.39. The summed E-state index contributed by atoms with van der Waals surface area (Å²) in [5, 5.41) is 2.70. The lowest BCUT2D eigenvalue weighted by Crippen LogP contribution is -2.51. The molecule has 3 atom stereocenters. The van der Waals surface area contributed by atoms with E-state index >= 15 is 0 Å². The third kappa shape index (κ3) is 10.5. The number of rotatable bonds is 19. The minimum absolute atomic E-state index is 0.0572. The number of H-pyrrole nitrogens is 2. The van der Waals surface area contributed by atoms with Crippen LogP contribution < -0.4 is 19.5 Å². The molecule has 16 heteroatoms. The van der Waals surface area contributed by atoms with E-state index in [2.05, 4.69) is 15.3 Å². The molecule has 2 aliphatic heterocycles. The first-order chi connectivity index (χ1) is 30.7. The van der Waals surface area contributed by atoms with E-state index in [4.69, 9.17) is 38.4 Å². The number of hydrogen-bond donors (Lipinski definition) is 3. The van der Waals surface area contributed by atoms with E-state index < -0.39 is 12.1 Å². The summed E-state index contributed by atoms with van der Waals surface area (Å²) in [6.45, 7) is 6.18. The Labute approximate surface area is 367 Å². The number of methoxy groups -OCH3 is 3. The van der Waals surface area contributed by atoms with Crippen molar-refractivity contribution in [2.24, 2.45) is 5.92 Å². The van der Waals surface area contributed by atoms with Gasteiger partial charge in [-0.1, -0.05) is 56.3 Å². The number of aromatic nitrogens is 4. The number of para-hydroxylation sites is 1. The average Bonchev–Trinajstić information content (AvgIpc) is 4.15. The number of likely N-dealkylation sites (tertiary alicyclic amines) is 2. The van der Waals surface area contributed by atoms with Gasteiger partial charge in [-0.3, -0.25) is 9.59 Å². The molecule has 0 aliphatic carbocycles. The van der Waals surface area contributed by atoms with Gasteiger partial charge in [0.2, 0.25) is 5.91 Å². The van der Waals surface area contributed by atoms with Gasteiger partial charge in [0.25, 0.3) is 5.91 Å². The molecule has 3 aromatic carbocycles. The molecular weight excluding hydrogens is 807 g/mol. The predicted molar refractivity (Wildman–Crippen MR) is 235 cm³/mol. The Bertz CT molecular complexity index is 2300. The molecule has 16 nitrogen and oxygen atoms in total. The normalized spacial score (nSPS) is 16.6. The summed E-state index contributed by atoms with van der Waals surface area (Å²) >= 11 is 0. The molecule has 2 aliphatic rings. The van der Waals surface area contributed by atoms with Crippen LogP contribution in [0.25, 0.3) is 33.6 Å². The molecule has 2 fully saturated rings. The molecule has 0 saturated carbocycles. The summed E-state index contributed by atoms with van der Waals surface area (Å²) in [4.78, 5) is 59.2. The summed E-state index contributed by atoms with van der Waals surface area (Å²) in [6.07, 6.45) is 6.11. The number of nitrogens with zero attached hydrogens (tertiary/aromatic N) is 4. The van der Waals surface area contributed by atoms with Crippen LogP contribution in [0.15, 0.2) is 79.1 Å². The number of alkyl carbamates (subject to hydrolysis) is 1. The fraction of sp³-hybridized carbons (Fsp3) is 0.426. The molecule has 0 radical (unpaired) electrons. The van der Waals surface area contributed by atoms with Gasteiger partial charge in [-0.15, -0.1) is 0 Å². The largest absolute Gasteiger partial charge is 0.487 e. The number of aromatic amines is 2. The van der Waals surface area contributed by atoms with Crippen LogP contribution in [0.1, 0.15) is 63.3 Å². The molecule has 0 spiro atoms. The van der Waals surface area contributed by atoms with Crippen LogP contribution in [-0.2, 0) is 23.8 Å². The number of imidazole rings is 2. The lowest BCUT2D eigenvalue weighted by atomic mass is 9.98. The van der Waals surface area contributed by atoms with E-state index in [0.29, 0.717) is 60.9 Å². The van der Waals surface area contributed by atoms with E-state index in [9.17, 15) is 14.4 Å². The number of carbonyl (C=O) groups excluding carboxylic acids is 3. The second-order valence-corrected chi connectivity index (χ2v) is 15.8. The highest BCUT2D eigenvalue weighted by Crippen LogP contribution is 2.46. The monoisotopic (exact) mass is 863 g/mol. The van der Waals surface area contributed by atoms with E-state index in [0.717, 1.165) is 53.6 Å². The summed E-state index contributed by atoms with van der Waals surface area (Å²) in [5.41, 5.74) is 4.87. The van der Waals surface area contributed by atoms with E-state index in [-0.39, 0.29) is 49.6 Å². The Morgan fingerprint density at radius 1 is 0.698 bits per heavy atom. The van der Waals surface area contributed by atoms with Gasteiger partial charge in [0, 0.05) is 38.4 Å². The quantitative estimate of drug-likeness (QED) is 0.0730. The summed E-state index contributed by atoms with van der Waals surface area (Å²) in [7, 11) is 4.53. The molecule has 0 bridgehead atoms. The van der Waals surface area contributed by atoms with Crippen molar-refractivity contribution in [1.29, 1.82) is 0 Å². The van der Waals surface area contributed by atoms with Crippen LogP contribution in [0.3, 0.4) is 0 Å². The maximum absolute atomic E-state index is 13.7. The number of hydrogen-bond acceptors (Lipinski definition) is 11. The predicted octanol–water partition coefficient (Wildman–Crippen LogP) is 6.97. The average molecular weight is 864 g/mol. The molecule has 3 unspecified atom stereocenters. The zero-order chi connectivity index (χ0) is 44.3. The lowest BCUT2D eigenvalue weighted by Gasteiger charge is -2.30. The van der Waals surface area contributed by atoms with Gasteiger partial charge in [0.1, 0.15) is 36.7 Å². The first-order valence-electron chi connectivity index (χ1n) is 21.4. The summed E-state index contributed by atoms with van der Waals surface area (Å²) in [5.74, 6) is 2.69. The molecule has 7 rings (SSSR count). The zero-order valence-corrected chi connectivity index (χ0v) is 36.6. The fourth-order valence-electron chi connectivity index (χ4n) is 8.15. The highest BCUT2D eigenvalue weighted by molar-refractivity contribution is 5.87. The maximum atomic E-state index is 13.7. The van der Waals surface area contributed by atoms with Crippen molar-refractivity contribution >= 4 is 17.9 Å². The molecule has 5 aromatic rings. The molecule has 3 amide bonds. The minimum Gasteiger partial charge on any atom is -0.487 e. The highest BCUT2D eigenvalue weighted by atomic mass is 16.6. The van der Waals surface area contributed by atoms with Crippen LogP contribution in [0.4, 0.5) is 4.79 Å². The van der Waals surface area contributed by atoms with Crippen molar-refractivity contribution in [3.63, 3.8) is 0 Å². The third-order valence-corrected chi connectivity index (χ3v) is 11.4. The van der Waals surface area contributed by atoms with E-state index in [1.54, 1.807) is 31.5 Å². The number of amides is 3. The van der Waals surface area contributed by atoms with Crippen molar-refractivity contribution in [3.05, 3.63) is 90.8 Å². The zero-order valence-electron chi connectivity index (χ0n) is 36.6. The van der Waals surface area contributed by atoms with Crippen molar-refractivity contribution in [2.75, 3.05) is 67.5 Å². The van der Waals surface area contributed by atoms with Crippen molar-refractivity contribution in [2.45, 2.75) is 57.7 Å². The van der Waals surface area contributed by atoms with Gasteiger partial charge in [0.05, 0.1) is 56.2 Å². The molecule has 63 heavy (non-hydrogen) atoms. The number of nitrogens with one attached hydrogen (secondary N) is 3. The number of carbonyl (C=O) groups is 3. The van der Waals surface area contributed by atoms with E-state index in [1.807, 2.05) is 85.5 Å². The van der Waals surface area contributed by atoms with Crippen LogP contribution >= 0.6 is 0 Å². The van der Waals surface area contributed by atoms with Crippen LogP contribution in [0.2, 0.25) is 0 Å². The van der Waals surface area contributed by atoms with Crippen molar-refractivity contribution < 1.29 is 42.8 Å². The first kappa shape index (κ1) is 44.7. The second-order valence-electron chi connectivity index (χ2n) is 15.8. The molecule has 334 valence electrons. The fourth-order valence-corrected chi connectivity index (χ4v) is 8.15. The number of ether oxygens (including phenoxy) is 6. The van der Waals surface area contributed by atoms with Gasteiger partial charge >= 0.3 is 6.09 Å². The molecule has 4 heterocycles. The molecule has 2 aromatic heterocycles. The summed E-state index contributed by atoms with van der Waals surface area (Å²) < 4.78 is 34.2.